The Kier molecular flexibility index (Phi) is 7.57. The van der Waals surface area contributed by atoms with E-state index in [2.05, 4.69) is 5.32 Å². The lowest BCUT2D eigenvalue weighted by Gasteiger charge is -2.34. The molecule has 1 N–H and O–H groups in total. The lowest BCUT2D eigenvalue weighted by Crippen LogP contribution is -2.52. The molecule has 2 rings (SSSR count). The van der Waals surface area contributed by atoms with Crippen LogP contribution in [-0.2, 0) is 14.8 Å². The van der Waals surface area contributed by atoms with Crippen molar-refractivity contribution in [3.8, 4) is 0 Å². The molecule has 6 nitrogen and oxygen atoms in total. The van der Waals surface area contributed by atoms with Gasteiger partial charge in [-0.2, -0.15) is 4.31 Å². The number of sulfonamides is 1. The third kappa shape index (κ3) is 4.71. The van der Waals surface area contributed by atoms with Crippen molar-refractivity contribution in [3.05, 3.63) is 28.2 Å². The largest absolute Gasteiger partial charge is 0.339 e. The summed E-state index contributed by atoms with van der Waals surface area (Å²) >= 11 is 11.7. The molecule has 0 radical (unpaired) electrons. The number of nitrogens with one attached hydrogen (secondary N) is 1. The number of carbonyl (C=O) groups excluding carboxylic acids is 1. The van der Waals surface area contributed by atoms with Gasteiger partial charge in [-0.3, -0.25) is 4.79 Å². The van der Waals surface area contributed by atoms with Crippen LogP contribution in [0.3, 0.4) is 0 Å². The van der Waals surface area contributed by atoms with Crippen LogP contribution in [0, 0.1) is 0 Å². The van der Waals surface area contributed by atoms with E-state index in [9.17, 15) is 13.2 Å². The fraction of sp³-hybridized carbons (Fsp3) is 0.462. The highest BCUT2D eigenvalue weighted by atomic mass is 35.5. The maximum Gasteiger partial charge on any atom is 0.243 e. The summed E-state index contributed by atoms with van der Waals surface area (Å²) in [5.41, 5.74) is 0. The number of likely N-dealkylation sites (N-methyl/N-ethyl adjacent to an activating group) is 1. The highest BCUT2D eigenvalue weighted by molar-refractivity contribution is 7.89. The standard InChI is InChI=1S/C13H17Cl2N3O3S.ClH/c1-16-9-13(19)17-4-6-18(7-5-17)22(20,21)10-2-3-11(14)12(15)8-10;/h2-3,8,16H,4-7,9H2,1H3;1H. The number of hydrogen-bond acceptors (Lipinski definition) is 4. The highest BCUT2D eigenvalue weighted by Crippen LogP contribution is 2.26. The molecule has 0 unspecified atom stereocenters. The summed E-state index contributed by atoms with van der Waals surface area (Å²) in [6.07, 6.45) is 0. The molecular formula is C13H18Cl3N3O3S. The molecule has 1 aromatic rings. The van der Waals surface area contributed by atoms with Crippen LogP contribution in [-0.4, -0.2) is 63.3 Å². The lowest BCUT2D eigenvalue weighted by atomic mass is 10.3. The van der Waals surface area contributed by atoms with E-state index in [4.69, 9.17) is 23.2 Å². The Labute approximate surface area is 152 Å². The van der Waals surface area contributed by atoms with Crippen LogP contribution in [0.1, 0.15) is 0 Å². The molecule has 1 saturated heterocycles. The van der Waals surface area contributed by atoms with Gasteiger partial charge in [-0.15, -0.1) is 12.4 Å². The molecule has 0 bridgehead atoms. The number of piperazine rings is 1. The molecule has 23 heavy (non-hydrogen) atoms. The molecule has 0 aromatic heterocycles. The Hall–Kier alpha value is -0.570. The van der Waals surface area contributed by atoms with E-state index in [1.807, 2.05) is 0 Å². The van der Waals surface area contributed by atoms with E-state index < -0.39 is 10.0 Å². The van der Waals surface area contributed by atoms with Crippen molar-refractivity contribution in [1.29, 1.82) is 0 Å². The Morgan fingerprint density at radius 3 is 2.30 bits per heavy atom. The zero-order chi connectivity index (χ0) is 16.3. The molecule has 1 fully saturated rings. The fourth-order valence-corrected chi connectivity index (χ4v) is 4.04. The molecule has 1 amide bonds. The number of carbonyl (C=O) groups is 1. The summed E-state index contributed by atoms with van der Waals surface area (Å²) in [6, 6.07) is 4.24. The Balaban J connectivity index is 0.00000264. The van der Waals surface area contributed by atoms with Crippen molar-refractivity contribution in [2.45, 2.75) is 4.90 Å². The topological polar surface area (TPSA) is 69.7 Å². The van der Waals surface area contributed by atoms with Gasteiger partial charge >= 0.3 is 0 Å². The number of benzene rings is 1. The van der Waals surface area contributed by atoms with E-state index in [0.717, 1.165) is 0 Å². The molecule has 1 aromatic carbocycles. The number of rotatable bonds is 4. The number of amides is 1. The molecule has 1 aliphatic heterocycles. The van der Waals surface area contributed by atoms with Gasteiger partial charge in [-0.05, 0) is 25.2 Å². The first-order chi connectivity index (χ1) is 10.4. The van der Waals surface area contributed by atoms with Gasteiger partial charge < -0.3 is 10.2 Å². The lowest BCUT2D eigenvalue weighted by molar-refractivity contribution is -0.131. The van der Waals surface area contributed by atoms with Crippen LogP contribution >= 0.6 is 35.6 Å². The van der Waals surface area contributed by atoms with Crippen molar-refractivity contribution < 1.29 is 13.2 Å². The molecular weight excluding hydrogens is 385 g/mol. The van der Waals surface area contributed by atoms with Crippen molar-refractivity contribution in [1.82, 2.24) is 14.5 Å². The maximum atomic E-state index is 12.6. The van der Waals surface area contributed by atoms with Gasteiger partial charge in [0.1, 0.15) is 0 Å². The molecule has 1 aliphatic rings. The van der Waals surface area contributed by atoms with Crippen LogP contribution in [0.4, 0.5) is 0 Å². The summed E-state index contributed by atoms with van der Waals surface area (Å²) in [4.78, 5) is 13.5. The molecule has 10 heteroatoms. The second-order valence-electron chi connectivity index (χ2n) is 4.89. The minimum absolute atomic E-state index is 0. The minimum Gasteiger partial charge on any atom is -0.339 e. The number of halogens is 3. The second-order valence-corrected chi connectivity index (χ2v) is 7.64. The summed E-state index contributed by atoms with van der Waals surface area (Å²) in [5.74, 6) is -0.0333. The van der Waals surface area contributed by atoms with Gasteiger partial charge in [0.15, 0.2) is 0 Å². The monoisotopic (exact) mass is 401 g/mol. The van der Waals surface area contributed by atoms with Gasteiger partial charge in [0.2, 0.25) is 15.9 Å². The van der Waals surface area contributed by atoms with E-state index in [-0.39, 0.29) is 47.9 Å². The van der Waals surface area contributed by atoms with E-state index >= 15 is 0 Å². The van der Waals surface area contributed by atoms with Crippen molar-refractivity contribution >= 4 is 51.5 Å². The highest BCUT2D eigenvalue weighted by Gasteiger charge is 2.30. The van der Waals surface area contributed by atoms with Crippen LogP contribution < -0.4 is 5.32 Å². The summed E-state index contributed by atoms with van der Waals surface area (Å²) in [6.45, 7) is 1.53. The first-order valence-corrected chi connectivity index (χ1v) is 8.93. The number of hydrogen-bond donors (Lipinski definition) is 1. The van der Waals surface area contributed by atoms with Gasteiger partial charge in [-0.25, -0.2) is 8.42 Å². The van der Waals surface area contributed by atoms with Crippen molar-refractivity contribution in [3.63, 3.8) is 0 Å². The van der Waals surface area contributed by atoms with Gasteiger partial charge in [0.05, 0.1) is 21.5 Å². The summed E-state index contributed by atoms with van der Waals surface area (Å²) in [5, 5.41) is 3.30. The van der Waals surface area contributed by atoms with Crippen molar-refractivity contribution in [2.24, 2.45) is 0 Å². The molecule has 0 saturated carbocycles. The number of nitrogens with zero attached hydrogens (tertiary/aromatic N) is 2. The fourth-order valence-electron chi connectivity index (χ4n) is 2.23. The zero-order valence-electron chi connectivity index (χ0n) is 12.5. The molecule has 130 valence electrons. The van der Waals surface area contributed by atoms with Crippen molar-refractivity contribution in [2.75, 3.05) is 39.8 Å². The Morgan fingerprint density at radius 2 is 1.78 bits per heavy atom. The van der Waals surface area contributed by atoms with Crippen LogP contribution in [0.15, 0.2) is 23.1 Å². The molecule has 0 atom stereocenters. The second kappa shape index (κ2) is 8.50. The smallest absolute Gasteiger partial charge is 0.243 e. The molecule has 0 aliphatic carbocycles. The predicted molar refractivity (Wildman–Crippen MR) is 93.0 cm³/mol. The van der Waals surface area contributed by atoms with Gasteiger partial charge in [-0.1, -0.05) is 23.2 Å². The van der Waals surface area contributed by atoms with E-state index in [1.165, 1.54) is 22.5 Å². The third-order valence-electron chi connectivity index (χ3n) is 3.45. The first kappa shape index (κ1) is 20.5. The third-order valence-corrected chi connectivity index (χ3v) is 6.08. The van der Waals surface area contributed by atoms with E-state index in [0.29, 0.717) is 18.1 Å². The van der Waals surface area contributed by atoms with E-state index in [1.54, 1.807) is 11.9 Å². The van der Waals surface area contributed by atoms with Crippen LogP contribution in [0.5, 0.6) is 0 Å². The van der Waals surface area contributed by atoms with Gasteiger partial charge in [0.25, 0.3) is 0 Å². The summed E-state index contributed by atoms with van der Waals surface area (Å²) < 4.78 is 26.5. The SMILES string of the molecule is CNCC(=O)N1CCN(S(=O)(=O)c2ccc(Cl)c(Cl)c2)CC1.Cl. The summed E-state index contributed by atoms with van der Waals surface area (Å²) in [7, 11) is -1.93. The normalized spacial score (nSPS) is 16.0. The quantitative estimate of drug-likeness (QED) is 0.828. The predicted octanol–water partition coefficient (Wildman–Crippen LogP) is 1.47. The maximum absolute atomic E-state index is 12.6. The molecule has 0 spiro atoms. The zero-order valence-corrected chi connectivity index (χ0v) is 15.6. The Morgan fingerprint density at radius 1 is 1.17 bits per heavy atom. The average molecular weight is 403 g/mol. The van der Waals surface area contributed by atoms with Crippen LogP contribution in [0.2, 0.25) is 10.0 Å². The van der Waals surface area contributed by atoms with Crippen LogP contribution in [0.25, 0.3) is 0 Å². The minimum atomic E-state index is -3.63. The average Bonchev–Trinajstić information content (AvgIpc) is 2.50. The molecule has 1 heterocycles. The van der Waals surface area contributed by atoms with Gasteiger partial charge in [0, 0.05) is 26.2 Å². The Bertz CT molecular complexity index is 662. The first-order valence-electron chi connectivity index (χ1n) is 6.74.